The number of fused-ring (bicyclic) bond motifs is 1. The lowest BCUT2D eigenvalue weighted by atomic mass is 10.0. The van der Waals surface area contributed by atoms with Gasteiger partial charge in [-0.1, -0.05) is 23.7 Å². The highest BCUT2D eigenvalue weighted by Gasteiger charge is 2.36. The summed E-state index contributed by atoms with van der Waals surface area (Å²) < 4.78 is 74.1. The third kappa shape index (κ3) is 5.74. The predicted octanol–water partition coefficient (Wildman–Crippen LogP) is 7.16. The summed E-state index contributed by atoms with van der Waals surface area (Å²) in [4.78, 5) is 41.3. The maximum atomic E-state index is 16.0. The maximum Gasteiger partial charge on any atom is 0.265 e. The third-order valence-corrected chi connectivity index (χ3v) is 10.9. The van der Waals surface area contributed by atoms with Crippen LogP contribution >= 0.6 is 11.6 Å². The molecule has 2 fully saturated rings. The highest BCUT2D eigenvalue weighted by molar-refractivity contribution is 7.93. The van der Waals surface area contributed by atoms with Gasteiger partial charge in [0.25, 0.3) is 5.91 Å². The minimum Gasteiger partial charge on any atom is -0.288 e. The fraction of sp³-hybridized carbons (Fsp3) is 0.265. The zero-order chi connectivity index (χ0) is 33.9. The van der Waals surface area contributed by atoms with E-state index in [0.29, 0.717) is 22.6 Å². The van der Waals surface area contributed by atoms with Gasteiger partial charge in [-0.05, 0) is 68.9 Å². The van der Waals surface area contributed by atoms with Crippen molar-refractivity contribution in [1.29, 1.82) is 0 Å². The first-order valence-corrected chi connectivity index (χ1v) is 17.2. The molecule has 3 heterocycles. The van der Waals surface area contributed by atoms with Crippen molar-refractivity contribution >= 4 is 50.0 Å². The van der Waals surface area contributed by atoms with E-state index < -0.39 is 56.0 Å². The molecular weight excluding hydrogens is 667 g/mol. The van der Waals surface area contributed by atoms with Crippen LogP contribution in [0.15, 0.2) is 61.2 Å². The molecule has 0 spiro atoms. The molecular formula is C34H27ClF3N5O4S. The van der Waals surface area contributed by atoms with Crippen molar-refractivity contribution in [1.82, 2.24) is 19.5 Å². The smallest absolute Gasteiger partial charge is 0.265 e. The van der Waals surface area contributed by atoms with Crippen molar-refractivity contribution in [3.63, 3.8) is 0 Å². The van der Waals surface area contributed by atoms with Gasteiger partial charge < -0.3 is 0 Å². The van der Waals surface area contributed by atoms with Crippen LogP contribution in [0, 0.1) is 18.6 Å². The number of aromatic nitrogens is 4. The van der Waals surface area contributed by atoms with Crippen molar-refractivity contribution in [2.45, 2.75) is 56.4 Å². The van der Waals surface area contributed by atoms with Crippen LogP contribution in [-0.4, -0.2) is 51.0 Å². The number of alkyl halides is 1. The molecule has 1 unspecified atom stereocenters. The number of hydrogen-bond acceptors (Lipinski definition) is 7. The van der Waals surface area contributed by atoms with Gasteiger partial charge in [-0.25, -0.2) is 36.5 Å². The van der Waals surface area contributed by atoms with Gasteiger partial charge in [0, 0.05) is 47.2 Å². The number of halogens is 4. The SMILES string of the molecule is Cc1cccc(Cl)c1C(=O)n1cc(C(=O)c2c(F)ccc(NS(=O)(=O)C3CC[C@@H](F)C3)c2F)c2cc(-c3cnc(C4CC4)nc3)cnc21. The highest BCUT2D eigenvalue weighted by atomic mass is 35.5. The summed E-state index contributed by atoms with van der Waals surface area (Å²) in [5.74, 6) is -3.48. The lowest BCUT2D eigenvalue weighted by molar-refractivity contribution is 0.0964. The minimum atomic E-state index is -4.26. The number of hydrogen-bond donors (Lipinski definition) is 1. The number of nitrogens with zero attached hydrogens (tertiary/aromatic N) is 4. The second kappa shape index (κ2) is 12.1. The van der Waals surface area contributed by atoms with E-state index in [2.05, 4.69) is 19.7 Å². The molecule has 0 radical (unpaired) electrons. The topological polar surface area (TPSA) is 124 Å². The van der Waals surface area contributed by atoms with Crippen LogP contribution in [0.25, 0.3) is 22.2 Å². The lowest BCUT2D eigenvalue weighted by Gasteiger charge is -2.15. The van der Waals surface area contributed by atoms with E-state index in [1.54, 1.807) is 37.5 Å². The summed E-state index contributed by atoms with van der Waals surface area (Å²) in [6.45, 7) is 1.68. The summed E-state index contributed by atoms with van der Waals surface area (Å²) in [7, 11) is -4.26. The van der Waals surface area contributed by atoms with Gasteiger partial charge in [0.1, 0.15) is 23.5 Å². The Morgan fingerprint density at radius 2 is 1.69 bits per heavy atom. The highest BCUT2D eigenvalue weighted by Crippen LogP contribution is 2.38. The summed E-state index contributed by atoms with van der Waals surface area (Å²) in [5, 5.41) is -0.871. The van der Waals surface area contributed by atoms with E-state index in [0.717, 1.165) is 41.6 Å². The molecule has 0 saturated heterocycles. The molecule has 3 aromatic heterocycles. The number of ketones is 1. The Kier molecular flexibility index (Phi) is 8.07. The predicted molar refractivity (Wildman–Crippen MR) is 174 cm³/mol. The number of carbonyl (C=O) groups excluding carboxylic acids is 2. The first kappa shape index (κ1) is 32.0. The van der Waals surface area contributed by atoms with E-state index in [9.17, 15) is 22.4 Å². The third-order valence-electron chi connectivity index (χ3n) is 8.82. The van der Waals surface area contributed by atoms with Crippen LogP contribution in [0.4, 0.5) is 18.9 Å². The van der Waals surface area contributed by atoms with Crippen molar-refractivity contribution < 1.29 is 31.2 Å². The standard InChI is InChI=1S/C34H27ClF3N5O4S/c1-17-3-2-4-25(35)28(17)34(45)43-16-24(23-11-19(13-41-33(23)43)20-14-39-32(40-15-20)18-5-6-18)31(44)29-26(37)9-10-27(30(29)38)42-48(46,47)22-8-7-21(36)12-22/h2-4,9-11,13-16,18,21-22,42H,5-8,12H2,1H3/t21-,22?/m1/s1. The Morgan fingerprint density at radius 3 is 2.35 bits per heavy atom. The van der Waals surface area contributed by atoms with Crippen LogP contribution in [0.2, 0.25) is 5.02 Å². The van der Waals surface area contributed by atoms with E-state index in [1.807, 2.05) is 0 Å². The van der Waals surface area contributed by atoms with Crippen LogP contribution in [0.5, 0.6) is 0 Å². The number of anilines is 1. The first-order valence-electron chi connectivity index (χ1n) is 15.2. The van der Waals surface area contributed by atoms with Gasteiger partial charge in [-0.2, -0.15) is 0 Å². The average Bonchev–Trinajstić information content (AvgIpc) is 3.70. The molecule has 2 atom stereocenters. The van der Waals surface area contributed by atoms with Crippen molar-refractivity contribution in [3.8, 4) is 11.1 Å². The molecule has 5 aromatic rings. The molecule has 7 rings (SSSR count). The number of benzene rings is 2. The zero-order valence-electron chi connectivity index (χ0n) is 25.4. The van der Waals surface area contributed by atoms with Gasteiger partial charge in [0.15, 0.2) is 5.82 Å². The van der Waals surface area contributed by atoms with Crippen molar-refractivity contribution in [3.05, 3.63) is 106 Å². The van der Waals surface area contributed by atoms with E-state index >= 15 is 8.78 Å². The quantitative estimate of drug-likeness (QED) is 0.171. The monoisotopic (exact) mass is 693 g/mol. The normalized spacial score (nSPS) is 17.9. The molecule has 0 bridgehead atoms. The van der Waals surface area contributed by atoms with Crippen LogP contribution < -0.4 is 4.72 Å². The first-order chi connectivity index (χ1) is 22.9. The number of nitrogens with one attached hydrogen (secondary N) is 1. The fourth-order valence-corrected chi connectivity index (χ4v) is 7.89. The van der Waals surface area contributed by atoms with E-state index in [4.69, 9.17) is 11.6 Å². The van der Waals surface area contributed by atoms with Gasteiger partial charge in [0.2, 0.25) is 15.8 Å². The molecule has 1 N–H and O–H groups in total. The largest absolute Gasteiger partial charge is 0.288 e. The van der Waals surface area contributed by atoms with E-state index in [1.165, 1.54) is 12.3 Å². The molecule has 48 heavy (non-hydrogen) atoms. The Balaban J connectivity index is 1.35. The van der Waals surface area contributed by atoms with Gasteiger partial charge in [-0.15, -0.1) is 0 Å². The molecule has 2 aliphatic rings. The number of pyridine rings is 1. The molecule has 2 saturated carbocycles. The Morgan fingerprint density at radius 1 is 0.958 bits per heavy atom. The summed E-state index contributed by atoms with van der Waals surface area (Å²) in [5.41, 5.74) is -0.254. The maximum absolute atomic E-state index is 16.0. The summed E-state index contributed by atoms with van der Waals surface area (Å²) in [6, 6.07) is 8.06. The number of rotatable bonds is 8. The second-order valence-electron chi connectivity index (χ2n) is 12.1. The Hall–Kier alpha value is -4.62. The van der Waals surface area contributed by atoms with Gasteiger partial charge in [-0.3, -0.25) is 18.9 Å². The van der Waals surface area contributed by atoms with Crippen molar-refractivity contribution in [2.24, 2.45) is 0 Å². The number of carbonyl (C=O) groups is 2. The number of aryl methyl sites for hydroxylation is 1. The zero-order valence-corrected chi connectivity index (χ0v) is 27.0. The average molecular weight is 694 g/mol. The fourth-order valence-electron chi connectivity index (χ4n) is 6.04. The lowest BCUT2D eigenvalue weighted by Crippen LogP contribution is -2.26. The second-order valence-corrected chi connectivity index (χ2v) is 14.5. The molecule has 2 aromatic carbocycles. The van der Waals surface area contributed by atoms with Crippen molar-refractivity contribution in [2.75, 3.05) is 4.72 Å². The molecule has 2 aliphatic carbocycles. The minimum absolute atomic E-state index is 0.0154. The molecule has 0 amide bonds. The van der Waals surface area contributed by atoms with Crippen LogP contribution in [-0.2, 0) is 10.0 Å². The molecule has 9 nitrogen and oxygen atoms in total. The molecule has 246 valence electrons. The summed E-state index contributed by atoms with van der Waals surface area (Å²) in [6.07, 6.45) is 6.38. The number of sulfonamides is 1. The van der Waals surface area contributed by atoms with Gasteiger partial charge >= 0.3 is 0 Å². The van der Waals surface area contributed by atoms with Crippen LogP contribution in [0.1, 0.15) is 75.7 Å². The van der Waals surface area contributed by atoms with Crippen LogP contribution in [0.3, 0.4) is 0 Å². The Bertz CT molecular complexity index is 2220. The summed E-state index contributed by atoms with van der Waals surface area (Å²) >= 11 is 6.39. The molecule has 0 aliphatic heterocycles. The molecule has 14 heteroatoms. The Labute approximate surface area is 278 Å². The van der Waals surface area contributed by atoms with E-state index in [-0.39, 0.29) is 46.4 Å². The van der Waals surface area contributed by atoms with Gasteiger partial charge in [0.05, 0.1) is 32.7 Å².